The molecule has 0 aliphatic heterocycles. The van der Waals surface area contributed by atoms with Crippen LogP contribution in [0.15, 0.2) is 66.7 Å². The molecule has 0 atom stereocenters. The Morgan fingerprint density at radius 1 is 0.485 bits per heavy atom. The van der Waals surface area contributed by atoms with Gasteiger partial charge in [-0.2, -0.15) is 0 Å². The van der Waals surface area contributed by atoms with Crippen molar-refractivity contribution in [2.75, 3.05) is 0 Å². The van der Waals surface area contributed by atoms with Crippen molar-refractivity contribution >= 4 is 0 Å². The lowest BCUT2D eigenvalue weighted by atomic mass is 9.97. The van der Waals surface area contributed by atoms with Crippen LogP contribution in [0.3, 0.4) is 0 Å². The monoisotopic (exact) mass is 444 g/mol. The van der Waals surface area contributed by atoms with E-state index in [4.69, 9.17) is 0 Å². The van der Waals surface area contributed by atoms with Gasteiger partial charge in [-0.15, -0.1) is 0 Å². The van der Waals surface area contributed by atoms with Crippen LogP contribution in [0.4, 0.5) is 4.39 Å². The Morgan fingerprint density at radius 3 is 1.55 bits per heavy atom. The number of benzene rings is 3. The predicted molar refractivity (Wildman–Crippen MR) is 141 cm³/mol. The molecule has 0 saturated heterocycles. The maximum absolute atomic E-state index is 14.9. The number of hydrogen-bond acceptors (Lipinski definition) is 0. The van der Waals surface area contributed by atoms with Gasteiger partial charge in [-0.25, -0.2) is 4.39 Å². The van der Waals surface area contributed by atoms with Gasteiger partial charge in [0, 0.05) is 5.56 Å². The second-order valence-electron chi connectivity index (χ2n) is 9.45. The highest BCUT2D eigenvalue weighted by Crippen LogP contribution is 2.25. The normalized spacial score (nSPS) is 11.1. The number of aryl methyl sites for hydroxylation is 4. The summed E-state index contributed by atoms with van der Waals surface area (Å²) < 4.78 is 14.9. The van der Waals surface area contributed by atoms with Gasteiger partial charge in [-0.05, 0) is 72.4 Å². The van der Waals surface area contributed by atoms with Crippen LogP contribution in [-0.4, -0.2) is 0 Å². The van der Waals surface area contributed by atoms with E-state index in [9.17, 15) is 4.39 Å². The molecule has 0 bridgehead atoms. The van der Waals surface area contributed by atoms with Gasteiger partial charge in [0.05, 0.1) is 0 Å². The SMILES string of the molecule is CCCCCCCc1ccc(-c2ccc(CCc3ccc(CCCCC)cc3)cc2F)cc1. The van der Waals surface area contributed by atoms with Crippen LogP contribution >= 0.6 is 0 Å². The molecular formula is C32H41F. The molecule has 0 aliphatic carbocycles. The molecule has 0 heterocycles. The second-order valence-corrected chi connectivity index (χ2v) is 9.45. The Labute approximate surface area is 201 Å². The van der Waals surface area contributed by atoms with E-state index >= 15 is 0 Å². The highest BCUT2D eigenvalue weighted by molar-refractivity contribution is 5.64. The van der Waals surface area contributed by atoms with Crippen LogP contribution in [0.2, 0.25) is 0 Å². The van der Waals surface area contributed by atoms with Crippen molar-refractivity contribution < 1.29 is 4.39 Å². The van der Waals surface area contributed by atoms with Gasteiger partial charge >= 0.3 is 0 Å². The molecule has 0 aromatic heterocycles. The first kappa shape index (κ1) is 25.2. The molecule has 0 radical (unpaired) electrons. The highest BCUT2D eigenvalue weighted by atomic mass is 19.1. The van der Waals surface area contributed by atoms with E-state index in [0.29, 0.717) is 5.56 Å². The summed E-state index contributed by atoms with van der Waals surface area (Å²) in [6.45, 7) is 4.49. The molecule has 0 nitrogen and oxygen atoms in total. The number of halogens is 1. The van der Waals surface area contributed by atoms with Gasteiger partial charge in [0.15, 0.2) is 0 Å². The van der Waals surface area contributed by atoms with Crippen molar-refractivity contribution in [2.24, 2.45) is 0 Å². The zero-order valence-corrected chi connectivity index (χ0v) is 20.7. The van der Waals surface area contributed by atoms with E-state index in [-0.39, 0.29) is 5.82 Å². The number of hydrogen-bond donors (Lipinski definition) is 0. The molecular weight excluding hydrogens is 403 g/mol. The van der Waals surface area contributed by atoms with E-state index in [1.165, 1.54) is 74.5 Å². The largest absolute Gasteiger partial charge is 0.206 e. The third kappa shape index (κ3) is 8.46. The average molecular weight is 445 g/mol. The molecule has 3 aromatic carbocycles. The molecule has 0 N–H and O–H groups in total. The van der Waals surface area contributed by atoms with Gasteiger partial charge in [-0.3, -0.25) is 0 Å². The van der Waals surface area contributed by atoms with Gasteiger partial charge in [0.1, 0.15) is 5.82 Å². The Hall–Kier alpha value is -2.41. The Morgan fingerprint density at radius 2 is 0.939 bits per heavy atom. The van der Waals surface area contributed by atoms with Crippen LogP contribution < -0.4 is 0 Å². The highest BCUT2D eigenvalue weighted by Gasteiger charge is 2.07. The molecule has 3 aromatic rings. The lowest BCUT2D eigenvalue weighted by Crippen LogP contribution is -1.95. The van der Waals surface area contributed by atoms with Crippen molar-refractivity contribution in [2.45, 2.75) is 90.9 Å². The minimum atomic E-state index is -0.119. The Kier molecular flexibility index (Phi) is 10.7. The van der Waals surface area contributed by atoms with Gasteiger partial charge in [-0.1, -0.05) is 113 Å². The van der Waals surface area contributed by atoms with Gasteiger partial charge in [0.2, 0.25) is 0 Å². The summed E-state index contributed by atoms with van der Waals surface area (Å²) in [5.74, 6) is -0.119. The summed E-state index contributed by atoms with van der Waals surface area (Å²) in [6.07, 6.45) is 14.4. The molecule has 0 spiro atoms. The summed E-state index contributed by atoms with van der Waals surface area (Å²) in [4.78, 5) is 0. The zero-order chi connectivity index (χ0) is 23.3. The summed E-state index contributed by atoms with van der Waals surface area (Å²) in [7, 11) is 0. The molecule has 0 unspecified atom stereocenters. The molecule has 3 rings (SSSR count). The minimum Gasteiger partial charge on any atom is -0.206 e. The van der Waals surface area contributed by atoms with E-state index in [1.807, 2.05) is 6.07 Å². The fraction of sp³-hybridized carbons (Fsp3) is 0.438. The predicted octanol–water partition coefficient (Wildman–Crippen LogP) is 9.52. The van der Waals surface area contributed by atoms with Crippen LogP contribution in [0.5, 0.6) is 0 Å². The molecule has 33 heavy (non-hydrogen) atoms. The fourth-order valence-electron chi connectivity index (χ4n) is 4.47. The topological polar surface area (TPSA) is 0 Å². The van der Waals surface area contributed by atoms with E-state index in [1.54, 1.807) is 6.07 Å². The Balaban J connectivity index is 1.51. The number of unbranched alkanes of at least 4 members (excludes halogenated alkanes) is 6. The smallest absolute Gasteiger partial charge is 0.131 e. The van der Waals surface area contributed by atoms with E-state index in [2.05, 4.69) is 68.4 Å². The maximum Gasteiger partial charge on any atom is 0.131 e. The average Bonchev–Trinajstić information content (AvgIpc) is 2.84. The molecule has 0 saturated carbocycles. The first-order valence-corrected chi connectivity index (χ1v) is 13.1. The molecule has 176 valence electrons. The first-order valence-electron chi connectivity index (χ1n) is 13.1. The van der Waals surface area contributed by atoms with E-state index < -0.39 is 0 Å². The maximum atomic E-state index is 14.9. The molecule has 0 fully saturated rings. The molecule has 0 aliphatic rings. The van der Waals surface area contributed by atoms with Gasteiger partial charge < -0.3 is 0 Å². The summed E-state index contributed by atoms with van der Waals surface area (Å²) in [5.41, 5.74) is 6.82. The zero-order valence-electron chi connectivity index (χ0n) is 20.7. The van der Waals surface area contributed by atoms with Crippen molar-refractivity contribution in [1.82, 2.24) is 0 Å². The molecule has 0 amide bonds. The summed E-state index contributed by atoms with van der Waals surface area (Å²) in [6, 6.07) is 23.2. The third-order valence-corrected chi connectivity index (χ3v) is 6.66. The van der Waals surface area contributed by atoms with Crippen LogP contribution in [0, 0.1) is 5.82 Å². The van der Waals surface area contributed by atoms with Crippen LogP contribution in [-0.2, 0) is 25.7 Å². The standard InChI is InChI=1S/C32H41F/c1-3-5-7-8-10-12-27-19-22-30(23-20-27)31-24-21-29(25-32(31)33)18-17-28-15-13-26(14-16-28)11-9-6-4-2/h13-16,19-25H,3-12,17-18H2,1-2H3. The van der Waals surface area contributed by atoms with Gasteiger partial charge in [0.25, 0.3) is 0 Å². The van der Waals surface area contributed by atoms with Crippen LogP contribution in [0.1, 0.15) is 87.5 Å². The lowest BCUT2D eigenvalue weighted by Gasteiger charge is -2.09. The van der Waals surface area contributed by atoms with Crippen molar-refractivity contribution in [3.05, 3.63) is 94.8 Å². The Bertz CT molecular complexity index is 937. The number of rotatable bonds is 14. The third-order valence-electron chi connectivity index (χ3n) is 6.66. The second kappa shape index (κ2) is 14.0. The minimum absolute atomic E-state index is 0.119. The van der Waals surface area contributed by atoms with Crippen LogP contribution in [0.25, 0.3) is 11.1 Å². The molecule has 1 heteroatoms. The van der Waals surface area contributed by atoms with Crippen molar-refractivity contribution in [3.63, 3.8) is 0 Å². The van der Waals surface area contributed by atoms with Crippen molar-refractivity contribution in [1.29, 1.82) is 0 Å². The lowest BCUT2D eigenvalue weighted by molar-refractivity contribution is 0.628. The fourth-order valence-corrected chi connectivity index (χ4v) is 4.47. The van der Waals surface area contributed by atoms with E-state index in [0.717, 1.165) is 30.4 Å². The van der Waals surface area contributed by atoms with Crippen molar-refractivity contribution in [3.8, 4) is 11.1 Å². The quantitative estimate of drug-likeness (QED) is 0.217. The summed E-state index contributed by atoms with van der Waals surface area (Å²) >= 11 is 0. The first-order chi connectivity index (χ1) is 16.2. The summed E-state index contributed by atoms with van der Waals surface area (Å²) in [5, 5.41) is 0.